The molecule has 0 spiro atoms. The fraction of sp³-hybridized carbons (Fsp3) is 0.333. The Balaban J connectivity index is 1.81. The van der Waals surface area contributed by atoms with Crippen LogP contribution in [0, 0.1) is 0 Å². The maximum absolute atomic E-state index is 11.5. The van der Waals surface area contributed by atoms with Gasteiger partial charge >= 0.3 is 5.97 Å². The van der Waals surface area contributed by atoms with Gasteiger partial charge in [0.05, 0.1) is 0 Å². The van der Waals surface area contributed by atoms with Gasteiger partial charge in [-0.25, -0.2) is 0 Å². The summed E-state index contributed by atoms with van der Waals surface area (Å²) in [6.45, 7) is 0. The summed E-state index contributed by atoms with van der Waals surface area (Å²) in [5, 5.41) is 8.48. The van der Waals surface area contributed by atoms with Gasteiger partial charge < -0.3 is 9.84 Å². The van der Waals surface area contributed by atoms with Crippen LogP contribution in [-0.2, 0) is 14.3 Å². The van der Waals surface area contributed by atoms with E-state index in [0.717, 1.165) is 12.0 Å². The molecule has 0 aromatic carbocycles. The second-order valence-corrected chi connectivity index (χ2v) is 4.53. The molecule has 1 N–H and O–H groups in total. The first kappa shape index (κ1) is 13.3. The molecule has 0 radical (unpaired) electrons. The van der Waals surface area contributed by atoms with Gasteiger partial charge in [-0.1, -0.05) is 18.2 Å². The Kier molecular flexibility index (Phi) is 4.34. The number of carbonyl (C=O) groups excluding carboxylic acids is 1. The molecule has 0 bridgehead atoms. The van der Waals surface area contributed by atoms with Gasteiger partial charge in [-0.05, 0) is 30.2 Å². The SMILES string of the molecule is O=C(O)CCCC(=O)/C=C/C1=CC2=CC=CCC2O1. The second kappa shape index (κ2) is 6.18. The number of rotatable bonds is 6. The van der Waals surface area contributed by atoms with Crippen molar-refractivity contribution in [2.45, 2.75) is 31.8 Å². The van der Waals surface area contributed by atoms with Crippen molar-refractivity contribution in [3.8, 4) is 0 Å². The van der Waals surface area contributed by atoms with Crippen molar-refractivity contribution in [1.29, 1.82) is 0 Å². The molecule has 0 saturated heterocycles. The van der Waals surface area contributed by atoms with Crippen molar-refractivity contribution in [2.75, 3.05) is 0 Å². The van der Waals surface area contributed by atoms with Crippen LogP contribution in [-0.4, -0.2) is 23.0 Å². The highest BCUT2D eigenvalue weighted by molar-refractivity contribution is 5.90. The molecule has 1 heterocycles. The van der Waals surface area contributed by atoms with Crippen LogP contribution in [0.25, 0.3) is 0 Å². The van der Waals surface area contributed by atoms with Gasteiger partial charge in [0.1, 0.15) is 11.9 Å². The van der Waals surface area contributed by atoms with Crippen molar-refractivity contribution < 1.29 is 19.4 Å². The van der Waals surface area contributed by atoms with Gasteiger partial charge in [-0.3, -0.25) is 9.59 Å². The van der Waals surface area contributed by atoms with Crippen LogP contribution in [0.15, 0.2) is 47.8 Å². The summed E-state index contributed by atoms with van der Waals surface area (Å²) < 4.78 is 5.67. The highest BCUT2D eigenvalue weighted by Crippen LogP contribution is 2.28. The monoisotopic (exact) mass is 260 g/mol. The molecule has 19 heavy (non-hydrogen) atoms. The third-order valence-electron chi connectivity index (χ3n) is 2.98. The number of fused-ring (bicyclic) bond motifs is 1. The number of carboxylic acids is 1. The lowest BCUT2D eigenvalue weighted by Gasteiger charge is -2.13. The Labute approximate surface area is 111 Å². The highest BCUT2D eigenvalue weighted by atomic mass is 16.5. The quantitative estimate of drug-likeness (QED) is 0.745. The highest BCUT2D eigenvalue weighted by Gasteiger charge is 2.22. The van der Waals surface area contributed by atoms with Gasteiger partial charge in [0, 0.05) is 19.3 Å². The van der Waals surface area contributed by atoms with Crippen molar-refractivity contribution in [3.63, 3.8) is 0 Å². The smallest absolute Gasteiger partial charge is 0.303 e. The molecule has 0 saturated carbocycles. The standard InChI is InChI=1S/C15H16O4/c16-12(5-3-7-15(17)18)8-9-13-10-11-4-1-2-6-14(11)19-13/h1-2,4,8-10,14H,3,5-7H2,(H,17,18)/b9-8+. The van der Waals surface area contributed by atoms with Gasteiger partial charge in [-0.15, -0.1) is 0 Å². The summed E-state index contributed by atoms with van der Waals surface area (Å²) in [5.41, 5.74) is 1.13. The Hall–Kier alpha value is -2.10. The Morgan fingerprint density at radius 1 is 1.42 bits per heavy atom. The first-order valence-electron chi connectivity index (χ1n) is 6.33. The molecular weight excluding hydrogens is 244 g/mol. The average Bonchev–Trinajstić information content (AvgIpc) is 2.78. The number of ether oxygens (including phenoxy) is 1. The first-order valence-corrected chi connectivity index (χ1v) is 6.33. The van der Waals surface area contributed by atoms with Crippen LogP contribution in [0.4, 0.5) is 0 Å². The maximum atomic E-state index is 11.5. The van der Waals surface area contributed by atoms with E-state index in [2.05, 4.69) is 0 Å². The Morgan fingerprint density at radius 3 is 3.00 bits per heavy atom. The lowest BCUT2D eigenvalue weighted by atomic mass is 10.0. The molecule has 0 aromatic heterocycles. The van der Waals surface area contributed by atoms with Crippen LogP contribution in [0.2, 0.25) is 0 Å². The molecule has 0 fully saturated rings. The number of hydrogen-bond acceptors (Lipinski definition) is 3. The molecule has 4 heteroatoms. The number of carbonyl (C=O) groups is 2. The second-order valence-electron chi connectivity index (χ2n) is 4.53. The van der Waals surface area contributed by atoms with Crippen molar-refractivity contribution in [3.05, 3.63) is 47.8 Å². The van der Waals surface area contributed by atoms with Crippen molar-refractivity contribution in [2.24, 2.45) is 0 Å². The molecule has 100 valence electrons. The maximum Gasteiger partial charge on any atom is 0.303 e. The van der Waals surface area contributed by atoms with Crippen molar-refractivity contribution in [1.82, 2.24) is 0 Å². The molecule has 0 aromatic rings. The molecule has 2 aliphatic rings. The van der Waals surface area contributed by atoms with E-state index in [1.54, 1.807) is 6.08 Å². The summed E-state index contributed by atoms with van der Waals surface area (Å²) in [4.78, 5) is 21.8. The minimum Gasteiger partial charge on any atom is -0.485 e. The van der Waals surface area contributed by atoms with Crippen LogP contribution in [0.3, 0.4) is 0 Å². The van der Waals surface area contributed by atoms with Gasteiger partial charge in [-0.2, -0.15) is 0 Å². The van der Waals surface area contributed by atoms with Crippen LogP contribution < -0.4 is 0 Å². The van der Waals surface area contributed by atoms with Crippen molar-refractivity contribution >= 4 is 11.8 Å². The molecule has 1 aliphatic carbocycles. The zero-order valence-electron chi connectivity index (χ0n) is 10.5. The predicted molar refractivity (Wildman–Crippen MR) is 70.4 cm³/mol. The zero-order valence-corrected chi connectivity index (χ0v) is 10.5. The fourth-order valence-electron chi connectivity index (χ4n) is 2.00. The van der Waals surface area contributed by atoms with E-state index >= 15 is 0 Å². The molecule has 1 atom stereocenters. The molecular formula is C15H16O4. The first-order chi connectivity index (χ1) is 9.15. The van der Waals surface area contributed by atoms with E-state index in [9.17, 15) is 9.59 Å². The van der Waals surface area contributed by atoms with Crippen LogP contribution in [0.5, 0.6) is 0 Å². The normalized spacial score (nSPS) is 20.7. The van der Waals surface area contributed by atoms with Gasteiger partial charge in [0.25, 0.3) is 0 Å². The zero-order chi connectivity index (χ0) is 13.7. The van der Waals surface area contributed by atoms with E-state index in [-0.39, 0.29) is 24.7 Å². The Morgan fingerprint density at radius 2 is 2.26 bits per heavy atom. The lowest BCUT2D eigenvalue weighted by Crippen LogP contribution is -2.08. The molecule has 1 aliphatic heterocycles. The van der Waals surface area contributed by atoms with Gasteiger partial charge in [0.15, 0.2) is 5.78 Å². The third kappa shape index (κ3) is 3.95. The number of hydrogen-bond donors (Lipinski definition) is 1. The predicted octanol–water partition coefficient (Wildman–Crippen LogP) is 2.54. The average molecular weight is 260 g/mol. The number of ketones is 1. The summed E-state index contributed by atoms with van der Waals surface area (Å²) in [6, 6.07) is 0. The molecule has 1 unspecified atom stereocenters. The minimum absolute atomic E-state index is 0.0272. The summed E-state index contributed by atoms with van der Waals surface area (Å²) in [6.07, 6.45) is 12.7. The molecule has 4 nitrogen and oxygen atoms in total. The molecule has 0 amide bonds. The van der Waals surface area contributed by atoms with E-state index in [1.807, 2.05) is 24.3 Å². The largest absolute Gasteiger partial charge is 0.485 e. The summed E-state index contributed by atoms with van der Waals surface area (Å²) >= 11 is 0. The number of carboxylic acid groups (broad SMARTS) is 1. The van der Waals surface area contributed by atoms with Crippen LogP contribution >= 0.6 is 0 Å². The summed E-state index contributed by atoms with van der Waals surface area (Å²) in [5.74, 6) is -0.263. The van der Waals surface area contributed by atoms with Crippen LogP contribution in [0.1, 0.15) is 25.7 Å². The fourth-order valence-corrected chi connectivity index (χ4v) is 2.00. The van der Waals surface area contributed by atoms with E-state index in [1.165, 1.54) is 6.08 Å². The lowest BCUT2D eigenvalue weighted by molar-refractivity contribution is -0.137. The summed E-state index contributed by atoms with van der Waals surface area (Å²) in [7, 11) is 0. The minimum atomic E-state index is -0.873. The number of allylic oxidation sites excluding steroid dienone is 4. The van der Waals surface area contributed by atoms with E-state index in [0.29, 0.717) is 12.2 Å². The van der Waals surface area contributed by atoms with E-state index in [4.69, 9.17) is 9.84 Å². The third-order valence-corrected chi connectivity index (χ3v) is 2.98. The van der Waals surface area contributed by atoms with E-state index < -0.39 is 5.97 Å². The molecule has 2 rings (SSSR count). The number of aliphatic carboxylic acids is 1. The Bertz CT molecular complexity index is 494. The van der Waals surface area contributed by atoms with Gasteiger partial charge in [0.2, 0.25) is 0 Å². The topological polar surface area (TPSA) is 63.6 Å².